The van der Waals surface area contributed by atoms with Gasteiger partial charge in [-0.3, -0.25) is 5.32 Å². The lowest BCUT2D eigenvalue weighted by molar-refractivity contribution is 0.0698. The highest BCUT2D eigenvalue weighted by Crippen LogP contribution is 2.44. The minimum absolute atomic E-state index is 0.00295. The van der Waals surface area contributed by atoms with Crippen LogP contribution in [-0.2, 0) is 4.74 Å². The Morgan fingerprint density at radius 3 is 2.00 bits per heavy atom. The van der Waals surface area contributed by atoms with E-state index in [1.54, 1.807) is 12.1 Å². The van der Waals surface area contributed by atoms with Gasteiger partial charge < -0.3 is 9.84 Å². The topological polar surface area (TPSA) is 75.6 Å². The number of nitrogens with one attached hydrogen (secondary N) is 1. The number of benzene rings is 4. The van der Waals surface area contributed by atoms with Gasteiger partial charge in [0.25, 0.3) is 0 Å². The van der Waals surface area contributed by atoms with Crippen LogP contribution in [0.5, 0.6) is 0 Å². The number of hydrogen-bond acceptors (Lipinski definition) is 3. The predicted molar refractivity (Wildman–Crippen MR) is 128 cm³/mol. The van der Waals surface area contributed by atoms with Gasteiger partial charge in [0.1, 0.15) is 6.61 Å². The van der Waals surface area contributed by atoms with E-state index >= 15 is 0 Å². The Labute approximate surface area is 191 Å². The smallest absolute Gasteiger partial charge is 0.411 e. The molecule has 5 nitrogen and oxygen atoms in total. The molecule has 0 atom stereocenters. The zero-order valence-electron chi connectivity index (χ0n) is 17.7. The minimum Gasteiger partial charge on any atom is -0.478 e. The summed E-state index contributed by atoms with van der Waals surface area (Å²) in [6.45, 7) is 0.153. The van der Waals surface area contributed by atoms with Crippen molar-refractivity contribution in [3.63, 3.8) is 0 Å². The first-order valence-corrected chi connectivity index (χ1v) is 10.7. The Morgan fingerprint density at radius 2 is 1.36 bits per heavy atom. The molecule has 1 amide bonds. The van der Waals surface area contributed by atoms with E-state index in [2.05, 4.69) is 17.4 Å². The van der Waals surface area contributed by atoms with Crippen molar-refractivity contribution >= 4 is 17.7 Å². The highest BCUT2D eigenvalue weighted by molar-refractivity contribution is 6.00. The number of carboxylic acids is 1. The summed E-state index contributed by atoms with van der Waals surface area (Å²) in [5, 5.41) is 12.2. The van der Waals surface area contributed by atoms with Crippen LogP contribution in [0, 0.1) is 0 Å². The Kier molecular flexibility index (Phi) is 5.37. The van der Waals surface area contributed by atoms with Gasteiger partial charge in [0.15, 0.2) is 0 Å². The first kappa shape index (κ1) is 20.5. The van der Waals surface area contributed by atoms with Crippen molar-refractivity contribution in [2.24, 2.45) is 0 Å². The summed E-state index contributed by atoms with van der Waals surface area (Å²) in [4.78, 5) is 24.4. The van der Waals surface area contributed by atoms with Crippen LogP contribution in [0.15, 0.2) is 97.1 Å². The molecule has 0 radical (unpaired) electrons. The van der Waals surface area contributed by atoms with E-state index in [1.807, 2.05) is 66.7 Å². The fraction of sp³-hybridized carbons (Fsp3) is 0.0714. The number of carbonyl (C=O) groups is 2. The fourth-order valence-corrected chi connectivity index (χ4v) is 4.39. The van der Waals surface area contributed by atoms with Crippen molar-refractivity contribution in [2.75, 3.05) is 11.9 Å². The Balaban J connectivity index is 1.36. The molecular formula is C28H21NO4. The third-order valence-corrected chi connectivity index (χ3v) is 5.94. The third-order valence-electron chi connectivity index (χ3n) is 5.94. The Hall–Kier alpha value is -4.38. The molecule has 0 spiro atoms. The number of ether oxygens (including phenoxy) is 1. The summed E-state index contributed by atoms with van der Waals surface area (Å²) >= 11 is 0. The van der Waals surface area contributed by atoms with Crippen LogP contribution in [0.25, 0.3) is 22.3 Å². The number of amides is 1. The van der Waals surface area contributed by atoms with E-state index in [-0.39, 0.29) is 23.8 Å². The Bertz CT molecular complexity index is 1300. The molecule has 0 heterocycles. The summed E-state index contributed by atoms with van der Waals surface area (Å²) in [7, 11) is 0. The molecule has 33 heavy (non-hydrogen) atoms. The highest BCUT2D eigenvalue weighted by Gasteiger charge is 2.29. The van der Waals surface area contributed by atoms with Crippen molar-refractivity contribution in [1.82, 2.24) is 0 Å². The SMILES string of the molecule is O=C(Nc1cc(-c2ccccc2)ccc1C(=O)O)OCC1c2ccccc2-c2ccccc21. The second-order valence-electron chi connectivity index (χ2n) is 7.88. The van der Waals surface area contributed by atoms with E-state index < -0.39 is 12.1 Å². The van der Waals surface area contributed by atoms with E-state index in [0.717, 1.165) is 33.4 Å². The van der Waals surface area contributed by atoms with Gasteiger partial charge in [-0.1, -0.05) is 84.9 Å². The van der Waals surface area contributed by atoms with Gasteiger partial charge in [-0.05, 0) is 45.5 Å². The van der Waals surface area contributed by atoms with Gasteiger partial charge >= 0.3 is 12.1 Å². The van der Waals surface area contributed by atoms with Gasteiger partial charge in [-0.25, -0.2) is 9.59 Å². The van der Waals surface area contributed by atoms with Gasteiger partial charge in [-0.2, -0.15) is 0 Å². The van der Waals surface area contributed by atoms with Crippen LogP contribution in [0.2, 0.25) is 0 Å². The molecule has 0 saturated carbocycles. The molecule has 0 saturated heterocycles. The predicted octanol–water partition coefficient (Wildman–Crippen LogP) is 6.41. The standard InChI is InChI=1S/C28H21NO4/c30-27(31)24-15-14-19(18-8-2-1-3-9-18)16-26(24)29-28(32)33-17-25-22-12-6-4-10-20(22)21-11-5-7-13-23(21)25/h1-16,25H,17H2,(H,29,32)(H,30,31). The van der Waals surface area contributed by atoms with Crippen molar-refractivity contribution in [3.8, 4) is 22.3 Å². The summed E-state index contributed by atoms with van der Waals surface area (Å²) in [6.07, 6.45) is -0.690. The number of anilines is 1. The van der Waals surface area contributed by atoms with E-state index in [4.69, 9.17) is 4.74 Å². The van der Waals surface area contributed by atoms with Gasteiger partial charge in [0.05, 0.1) is 11.3 Å². The number of hydrogen-bond donors (Lipinski definition) is 2. The molecule has 4 aromatic carbocycles. The van der Waals surface area contributed by atoms with Crippen LogP contribution in [0.4, 0.5) is 10.5 Å². The van der Waals surface area contributed by atoms with Crippen LogP contribution < -0.4 is 5.32 Å². The molecule has 1 aliphatic rings. The number of carbonyl (C=O) groups excluding carboxylic acids is 1. The molecule has 4 aromatic rings. The van der Waals surface area contributed by atoms with E-state index in [0.29, 0.717) is 0 Å². The zero-order chi connectivity index (χ0) is 22.8. The van der Waals surface area contributed by atoms with E-state index in [9.17, 15) is 14.7 Å². The van der Waals surface area contributed by atoms with E-state index in [1.165, 1.54) is 6.07 Å². The van der Waals surface area contributed by atoms with Crippen LogP contribution in [0.1, 0.15) is 27.4 Å². The van der Waals surface area contributed by atoms with Gasteiger partial charge in [0, 0.05) is 5.92 Å². The largest absolute Gasteiger partial charge is 0.478 e. The Morgan fingerprint density at radius 1 is 0.758 bits per heavy atom. The van der Waals surface area contributed by atoms with Crippen molar-refractivity contribution < 1.29 is 19.4 Å². The third kappa shape index (κ3) is 3.96. The molecular weight excluding hydrogens is 414 g/mol. The fourth-order valence-electron chi connectivity index (χ4n) is 4.39. The number of aromatic carboxylic acids is 1. The molecule has 0 bridgehead atoms. The molecule has 1 aliphatic carbocycles. The summed E-state index contributed by atoms with van der Waals surface area (Å²) in [5.74, 6) is -1.19. The number of fused-ring (bicyclic) bond motifs is 3. The summed E-state index contributed by atoms with van der Waals surface area (Å²) in [6, 6.07) is 30.6. The van der Waals surface area contributed by atoms with Crippen molar-refractivity contribution in [3.05, 3.63) is 114 Å². The first-order chi connectivity index (χ1) is 16.1. The summed E-state index contributed by atoms with van der Waals surface area (Å²) < 4.78 is 5.58. The molecule has 162 valence electrons. The minimum atomic E-state index is -1.12. The van der Waals surface area contributed by atoms with Gasteiger partial charge in [-0.15, -0.1) is 0 Å². The quantitative estimate of drug-likeness (QED) is 0.380. The number of carboxylic acid groups (broad SMARTS) is 1. The summed E-state index contributed by atoms with van der Waals surface area (Å²) in [5.41, 5.74) is 6.44. The zero-order valence-corrected chi connectivity index (χ0v) is 17.7. The maximum atomic E-state index is 12.7. The second-order valence-corrected chi connectivity index (χ2v) is 7.88. The highest BCUT2D eigenvalue weighted by atomic mass is 16.5. The lowest BCUT2D eigenvalue weighted by Crippen LogP contribution is -2.19. The lowest BCUT2D eigenvalue weighted by atomic mass is 9.98. The maximum Gasteiger partial charge on any atom is 0.411 e. The molecule has 0 aromatic heterocycles. The lowest BCUT2D eigenvalue weighted by Gasteiger charge is -2.15. The monoisotopic (exact) mass is 435 g/mol. The van der Waals surface area contributed by atoms with Crippen LogP contribution in [-0.4, -0.2) is 23.8 Å². The molecule has 5 rings (SSSR count). The first-order valence-electron chi connectivity index (χ1n) is 10.7. The maximum absolute atomic E-state index is 12.7. The molecule has 5 heteroatoms. The molecule has 2 N–H and O–H groups in total. The molecule has 0 fully saturated rings. The molecule has 0 aliphatic heterocycles. The van der Waals surface area contributed by atoms with Crippen LogP contribution >= 0.6 is 0 Å². The number of rotatable bonds is 5. The normalized spacial score (nSPS) is 12.0. The van der Waals surface area contributed by atoms with Crippen LogP contribution in [0.3, 0.4) is 0 Å². The average Bonchev–Trinajstić information content (AvgIpc) is 3.17. The average molecular weight is 435 g/mol. The van der Waals surface area contributed by atoms with Gasteiger partial charge in [0.2, 0.25) is 0 Å². The van der Waals surface area contributed by atoms with Crippen molar-refractivity contribution in [2.45, 2.75) is 5.92 Å². The second kappa shape index (κ2) is 8.63. The molecule has 0 unspecified atom stereocenters. The van der Waals surface area contributed by atoms with Crippen molar-refractivity contribution in [1.29, 1.82) is 0 Å².